The van der Waals surface area contributed by atoms with Crippen LogP contribution in [0.2, 0.25) is 0 Å². The van der Waals surface area contributed by atoms with E-state index in [1.54, 1.807) is 0 Å². The topological polar surface area (TPSA) is 24.7 Å². The van der Waals surface area contributed by atoms with Crippen molar-refractivity contribution in [1.82, 2.24) is 0 Å². The maximum atomic E-state index is 5.71. The summed E-state index contributed by atoms with van der Waals surface area (Å²) >= 11 is 0. The average Bonchev–Trinajstić information content (AvgIpc) is 3.24. The van der Waals surface area contributed by atoms with Gasteiger partial charge in [-0.2, -0.15) is 0 Å². The van der Waals surface area contributed by atoms with Crippen LogP contribution < -0.4 is 42.5 Å². The van der Waals surface area contributed by atoms with Gasteiger partial charge in [-0.3, -0.25) is 0 Å². The van der Waals surface area contributed by atoms with Gasteiger partial charge in [-0.05, 0) is 59.8 Å². The lowest BCUT2D eigenvalue weighted by atomic mass is 10.0. The fraction of sp³-hybridized carbons (Fsp3) is 0. The standard InChI is InChI=1S/C50H36N2P2/c1-7-21-37(22-8-1)49-50(38-23-9-2-10-24-38)52-44-34-20-36-46(54(41-29-15-5-16-30-41)42-31-17-6-18-32-42)48(44)47-43(51-49)33-19-35-45(47)53(39-25-11-3-12-26-39)40-27-13-4-14-28-40/h1-36H/b48-47-,50-49-,51-43-,51-49?,52-44-,52-50?. The van der Waals surface area contributed by atoms with E-state index < -0.39 is 15.8 Å². The van der Waals surface area contributed by atoms with E-state index in [1.165, 1.54) is 31.8 Å². The van der Waals surface area contributed by atoms with Crippen LogP contribution in [0, 0.1) is 10.4 Å². The Hall–Kier alpha value is -6.04. The zero-order valence-corrected chi connectivity index (χ0v) is 31.4. The Bertz CT molecular complexity index is 2520. The molecule has 0 fully saturated rings. The van der Waals surface area contributed by atoms with E-state index in [4.69, 9.17) is 9.98 Å². The quantitative estimate of drug-likeness (QED) is 0.141. The third kappa shape index (κ3) is 6.68. The van der Waals surface area contributed by atoms with Gasteiger partial charge in [0.1, 0.15) is 0 Å². The summed E-state index contributed by atoms with van der Waals surface area (Å²) in [6.45, 7) is 0. The Kier molecular flexibility index (Phi) is 9.70. The number of rotatable bonds is 8. The minimum atomic E-state index is -0.980. The van der Waals surface area contributed by atoms with Crippen LogP contribution in [0.25, 0.3) is 11.4 Å². The molecular formula is C50H36N2P2. The number of nitrogens with zero attached hydrogens (tertiary/aromatic N) is 2. The molecule has 0 spiro atoms. The van der Waals surface area contributed by atoms with Crippen molar-refractivity contribution in [3.05, 3.63) is 251 Å². The van der Waals surface area contributed by atoms with Crippen LogP contribution in [-0.4, -0.2) is 0 Å². The Morgan fingerprint density at radius 3 is 0.833 bits per heavy atom. The lowest BCUT2D eigenvalue weighted by Gasteiger charge is -2.23. The zero-order chi connectivity index (χ0) is 36.1. The maximum Gasteiger partial charge on any atom is 0.0972 e. The second kappa shape index (κ2) is 15.5. The van der Waals surface area contributed by atoms with Gasteiger partial charge in [-0.1, -0.05) is 206 Å². The van der Waals surface area contributed by atoms with Crippen molar-refractivity contribution in [3.63, 3.8) is 0 Å². The van der Waals surface area contributed by atoms with Crippen molar-refractivity contribution < 1.29 is 0 Å². The molecule has 0 unspecified atom stereocenters. The normalized spacial score (nSPS) is 15.5. The summed E-state index contributed by atoms with van der Waals surface area (Å²) in [4.78, 5) is 11.4. The van der Waals surface area contributed by atoms with Gasteiger partial charge in [0, 0.05) is 21.6 Å². The van der Waals surface area contributed by atoms with Gasteiger partial charge >= 0.3 is 0 Å². The zero-order valence-electron chi connectivity index (χ0n) is 29.6. The van der Waals surface area contributed by atoms with Crippen LogP contribution in [0.4, 0.5) is 0 Å². The smallest absolute Gasteiger partial charge is 0.0972 e. The predicted molar refractivity (Wildman–Crippen MR) is 230 cm³/mol. The van der Waals surface area contributed by atoms with Crippen LogP contribution in [-0.2, 0) is 0 Å². The molecule has 0 atom stereocenters. The number of benzene rings is 8. The molecule has 1 heterocycles. The van der Waals surface area contributed by atoms with Crippen molar-refractivity contribution in [1.29, 1.82) is 0 Å². The second-order valence-electron chi connectivity index (χ2n) is 13.0. The molecule has 0 aromatic heterocycles. The first-order valence-corrected chi connectivity index (χ1v) is 20.9. The lowest BCUT2D eigenvalue weighted by Crippen LogP contribution is -2.31. The Morgan fingerprint density at radius 2 is 0.537 bits per heavy atom. The molecule has 9 rings (SSSR count). The van der Waals surface area contributed by atoms with Gasteiger partial charge in [0.05, 0.1) is 22.1 Å². The summed E-state index contributed by atoms with van der Waals surface area (Å²) in [7, 11) is -1.96. The molecule has 0 saturated heterocycles. The molecule has 0 saturated carbocycles. The fourth-order valence-electron chi connectivity index (χ4n) is 7.23. The maximum absolute atomic E-state index is 5.71. The van der Waals surface area contributed by atoms with Crippen molar-refractivity contribution in [2.45, 2.75) is 0 Å². The average molecular weight is 727 g/mol. The summed E-state index contributed by atoms with van der Waals surface area (Å²) < 4.78 is 0. The second-order valence-corrected chi connectivity index (χ2v) is 17.4. The van der Waals surface area contributed by atoms with Gasteiger partial charge in [0.15, 0.2) is 0 Å². The van der Waals surface area contributed by atoms with E-state index in [9.17, 15) is 0 Å². The van der Waals surface area contributed by atoms with E-state index >= 15 is 0 Å². The largest absolute Gasteiger partial charge is 0.245 e. The molecule has 0 bridgehead atoms. The van der Waals surface area contributed by atoms with E-state index in [1.807, 2.05) is 0 Å². The lowest BCUT2D eigenvalue weighted by molar-refractivity contribution is 1.23. The van der Waals surface area contributed by atoms with Crippen molar-refractivity contribution in [2.75, 3.05) is 0 Å². The molecular weight excluding hydrogens is 691 g/mol. The minimum absolute atomic E-state index is 0.855. The molecule has 0 radical (unpaired) electrons. The first-order valence-electron chi connectivity index (χ1n) is 18.2. The van der Waals surface area contributed by atoms with Crippen molar-refractivity contribution >= 4 is 59.1 Å². The summed E-state index contributed by atoms with van der Waals surface area (Å²) in [5, 5.41) is 11.9. The van der Waals surface area contributed by atoms with E-state index in [2.05, 4.69) is 218 Å². The van der Waals surface area contributed by atoms with Crippen molar-refractivity contribution in [3.8, 4) is 0 Å². The molecule has 0 N–H and O–H groups in total. The highest BCUT2D eigenvalue weighted by molar-refractivity contribution is 7.80. The van der Waals surface area contributed by atoms with Gasteiger partial charge < -0.3 is 0 Å². The van der Waals surface area contributed by atoms with E-state index in [0.29, 0.717) is 0 Å². The van der Waals surface area contributed by atoms with Crippen LogP contribution >= 0.6 is 15.8 Å². The monoisotopic (exact) mass is 726 g/mol. The van der Waals surface area contributed by atoms with Crippen LogP contribution in [0.1, 0.15) is 11.1 Å². The molecule has 1 aliphatic rings. The fourth-order valence-corrected chi connectivity index (χ4v) is 12.2. The summed E-state index contributed by atoms with van der Waals surface area (Å²) in [6, 6.07) is 78.4. The molecule has 54 heavy (non-hydrogen) atoms. The van der Waals surface area contributed by atoms with Gasteiger partial charge in [0.25, 0.3) is 0 Å². The highest BCUT2D eigenvalue weighted by Gasteiger charge is 2.24. The molecule has 256 valence electrons. The first kappa shape index (κ1) is 33.8. The third-order valence-electron chi connectivity index (χ3n) is 9.61. The van der Waals surface area contributed by atoms with Gasteiger partial charge in [-0.15, -0.1) is 0 Å². The van der Waals surface area contributed by atoms with Crippen LogP contribution in [0.15, 0.2) is 228 Å². The summed E-state index contributed by atoms with van der Waals surface area (Å²) in [5.41, 5.74) is 3.77. The molecule has 4 heteroatoms. The molecule has 8 aromatic rings. The molecule has 1 aliphatic heterocycles. The Labute approximate surface area is 318 Å². The van der Waals surface area contributed by atoms with Gasteiger partial charge in [-0.25, -0.2) is 9.98 Å². The Balaban J connectivity index is 1.51. The number of hydrogen-bond donors (Lipinski definition) is 0. The number of fused-ring (bicyclic) bond motifs is 2. The SMILES string of the molecule is c1ccc(C2=C(c3ccccc3)/N=c3/cccc(P(c4ccccc4)c4ccccc4)/c3=c3\c(P(c4ccccc4)c4ccccc4)ccc\c3=N\2)cc1. The van der Waals surface area contributed by atoms with Crippen LogP contribution in [0.3, 0.4) is 0 Å². The van der Waals surface area contributed by atoms with E-state index in [-0.39, 0.29) is 0 Å². The minimum Gasteiger partial charge on any atom is -0.245 e. The summed E-state index contributed by atoms with van der Waals surface area (Å²) in [6.07, 6.45) is 0. The van der Waals surface area contributed by atoms with E-state index in [0.717, 1.165) is 43.7 Å². The molecule has 0 amide bonds. The number of hydrogen-bond acceptors (Lipinski definition) is 2. The summed E-state index contributed by atoms with van der Waals surface area (Å²) in [5.74, 6) is 0. The molecule has 2 nitrogen and oxygen atoms in total. The predicted octanol–water partition coefficient (Wildman–Crippen LogP) is 8.27. The molecule has 8 aromatic carbocycles. The molecule has 0 aliphatic carbocycles. The highest BCUT2D eigenvalue weighted by Crippen LogP contribution is 2.36. The Morgan fingerprint density at radius 1 is 0.259 bits per heavy atom. The van der Waals surface area contributed by atoms with Gasteiger partial charge in [0.2, 0.25) is 0 Å². The highest BCUT2D eigenvalue weighted by atomic mass is 31.1. The third-order valence-corrected chi connectivity index (χ3v) is 14.6. The first-order chi connectivity index (χ1) is 26.8. The van der Waals surface area contributed by atoms with Crippen LogP contribution in [0.5, 0.6) is 0 Å². The van der Waals surface area contributed by atoms with Crippen molar-refractivity contribution in [2.24, 2.45) is 9.98 Å².